The molecule has 1 rings (SSSR count). The Morgan fingerprint density at radius 2 is 2.09 bits per heavy atom. The first-order chi connectivity index (χ1) is 5.00. The molecule has 0 radical (unpaired) electrons. The molecule has 11 heavy (non-hydrogen) atoms. The van der Waals surface area contributed by atoms with Crippen LogP contribution in [0.4, 0.5) is 17.6 Å². The van der Waals surface area contributed by atoms with E-state index in [0.717, 1.165) is 6.21 Å². The van der Waals surface area contributed by atoms with E-state index in [0.29, 0.717) is 6.20 Å². The number of nitrogens with zero attached hydrogens (tertiary/aromatic N) is 2. The van der Waals surface area contributed by atoms with Gasteiger partial charge < -0.3 is 0 Å². The van der Waals surface area contributed by atoms with Crippen molar-refractivity contribution in [1.29, 1.82) is 0 Å². The van der Waals surface area contributed by atoms with Crippen LogP contribution in [-0.4, -0.2) is 24.1 Å². The number of allylic oxidation sites excluding steroid dienone is 1. The van der Waals surface area contributed by atoms with Crippen LogP contribution in [0.5, 0.6) is 0 Å². The first kappa shape index (κ1) is 8.03. The van der Waals surface area contributed by atoms with Crippen molar-refractivity contribution >= 4 is 6.21 Å². The summed E-state index contributed by atoms with van der Waals surface area (Å²) >= 11 is 0. The van der Waals surface area contributed by atoms with E-state index in [1.807, 2.05) is 0 Å². The molecule has 1 aliphatic rings. The number of alkyl halides is 3. The average Bonchev–Trinajstić information content (AvgIpc) is 1.86. The van der Waals surface area contributed by atoms with Gasteiger partial charge in [0.2, 0.25) is 0 Å². The van der Waals surface area contributed by atoms with Gasteiger partial charge in [-0.05, 0) is 0 Å². The van der Waals surface area contributed by atoms with Crippen LogP contribution in [-0.2, 0) is 0 Å². The number of aliphatic imine (C=N–C) groups is 1. The molecule has 0 aromatic carbocycles. The first-order valence-corrected chi connectivity index (χ1v) is 2.71. The largest absolute Gasteiger partial charge is 0.486 e. The summed E-state index contributed by atoms with van der Waals surface area (Å²) < 4.78 is 47.4. The van der Waals surface area contributed by atoms with Gasteiger partial charge in [0.05, 0.1) is 6.21 Å². The maximum absolute atomic E-state index is 12.1. The molecule has 62 valence electrons. The SMILES string of the molecule is FC1=CN(C(F)(F)F)CN=C1. The third kappa shape index (κ3) is 1.92. The monoisotopic (exact) mass is 168 g/mol. The van der Waals surface area contributed by atoms with Gasteiger partial charge in [-0.2, -0.15) is 13.2 Å². The van der Waals surface area contributed by atoms with Gasteiger partial charge >= 0.3 is 6.30 Å². The molecule has 0 saturated heterocycles. The lowest BCUT2D eigenvalue weighted by Gasteiger charge is -2.22. The predicted octanol–water partition coefficient (Wildman–Crippen LogP) is 1.66. The van der Waals surface area contributed by atoms with Crippen LogP contribution < -0.4 is 0 Å². The topological polar surface area (TPSA) is 15.6 Å². The Kier molecular flexibility index (Phi) is 1.84. The van der Waals surface area contributed by atoms with Gasteiger partial charge in [-0.3, -0.25) is 9.89 Å². The summed E-state index contributed by atoms with van der Waals surface area (Å²) in [5.41, 5.74) is 0. The highest BCUT2D eigenvalue weighted by Crippen LogP contribution is 2.23. The van der Waals surface area contributed by atoms with E-state index in [1.54, 1.807) is 0 Å². The molecule has 0 N–H and O–H groups in total. The summed E-state index contributed by atoms with van der Waals surface area (Å²) in [6.45, 7) is -0.572. The van der Waals surface area contributed by atoms with E-state index >= 15 is 0 Å². The zero-order valence-electron chi connectivity index (χ0n) is 5.27. The van der Waals surface area contributed by atoms with Gasteiger partial charge in [0.15, 0.2) is 5.83 Å². The zero-order chi connectivity index (χ0) is 8.48. The fourth-order valence-corrected chi connectivity index (χ4v) is 0.592. The van der Waals surface area contributed by atoms with Gasteiger partial charge in [-0.25, -0.2) is 4.39 Å². The second-order valence-electron chi connectivity index (χ2n) is 1.90. The summed E-state index contributed by atoms with van der Waals surface area (Å²) in [6, 6.07) is 0. The average molecular weight is 168 g/mol. The predicted molar refractivity (Wildman–Crippen MR) is 30.4 cm³/mol. The molecule has 0 spiro atoms. The van der Waals surface area contributed by atoms with Crippen molar-refractivity contribution in [2.75, 3.05) is 6.67 Å². The van der Waals surface area contributed by atoms with Crippen LogP contribution in [0.25, 0.3) is 0 Å². The van der Waals surface area contributed by atoms with Gasteiger partial charge in [0.25, 0.3) is 0 Å². The van der Waals surface area contributed by atoms with Crippen LogP contribution in [0.3, 0.4) is 0 Å². The number of halogens is 4. The highest BCUT2D eigenvalue weighted by molar-refractivity contribution is 5.76. The van der Waals surface area contributed by atoms with Gasteiger partial charge in [-0.15, -0.1) is 0 Å². The molecule has 2 nitrogen and oxygen atoms in total. The fraction of sp³-hybridized carbons (Fsp3) is 0.400. The van der Waals surface area contributed by atoms with Crippen molar-refractivity contribution in [3.63, 3.8) is 0 Å². The maximum Gasteiger partial charge on any atom is 0.486 e. The molecule has 0 fully saturated rings. The third-order valence-electron chi connectivity index (χ3n) is 1.05. The van der Waals surface area contributed by atoms with Crippen molar-refractivity contribution in [2.45, 2.75) is 6.30 Å². The van der Waals surface area contributed by atoms with E-state index < -0.39 is 18.8 Å². The summed E-state index contributed by atoms with van der Waals surface area (Å²) in [5.74, 6) is -0.992. The van der Waals surface area contributed by atoms with E-state index in [-0.39, 0.29) is 4.90 Å². The minimum atomic E-state index is -4.55. The molecule has 0 unspecified atom stereocenters. The van der Waals surface area contributed by atoms with E-state index in [1.165, 1.54) is 0 Å². The second kappa shape index (κ2) is 2.52. The van der Waals surface area contributed by atoms with Crippen molar-refractivity contribution < 1.29 is 17.6 Å². The van der Waals surface area contributed by atoms with E-state index in [4.69, 9.17) is 0 Å². The molecular weight excluding hydrogens is 164 g/mol. The Hall–Kier alpha value is -1.07. The fourth-order valence-electron chi connectivity index (χ4n) is 0.592. The molecular formula is C5H4F4N2. The number of hydrogen-bond donors (Lipinski definition) is 0. The molecule has 0 aliphatic carbocycles. The van der Waals surface area contributed by atoms with Gasteiger partial charge in [-0.1, -0.05) is 0 Å². The molecule has 1 heterocycles. The Morgan fingerprint density at radius 1 is 1.45 bits per heavy atom. The molecule has 0 aromatic rings. The van der Waals surface area contributed by atoms with Crippen LogP contribution >= 0.6 is 0 Å². The standard InChI is InChI=1S/C5H4F4N2/c6-4-1-10-3-11(2-4)5(7,8)9/h1-2H,3H2. The van der Waals surface area contributed by atoms with Crippen LogP contribution in [0.15, 0.2) is 17.0 Å². The highest BCUT2D eigenvalue weighted by atomic mass is 19.4. The van der Waals surface area contributed by atoms with Crippen LogP contribution in [0.2, 0.25) is 0 Å². The van der Waals surface area contributed by atoms with Gasteiger partial charge in [0, 0.05) is 6.20 Å². The Morgan fingerprint density at radius 3 is 2.45 bits per heavy atom. The van der Waals surface area contributed by atoms with Gasteiger partial charge in [0.1, 0.15) is 6.67 Å². The Labute approximate surface area is 59.8 Å². The molecule has 0 aromatic heterocycles. The molecule has 0 bridgehead atoms. The summed E-state index contributed by atoms with van der Waals surface area (Å²) in [6.07, 6.45) is -3.43. The zero-order valence-corrected chi connectivity index (χ0v) is 5.27. The first-order valence-electron chi connectivity index (χ1n) is 2.71. The molecule has 1 aliphatic heterocycles. The Bertz CT molecular complexity index is 205. The summed E-state index contributed by atoms with van der Waals surface area (Å²) in [4.78, 5) is 3.01. The maximum atomic E-state index is 12.1. The lowest BCUT2D eigenvalue weighted by atomic mass is 10.5. The molecule has 6 heteroatoms. The normalized spacial score (nSPS) is 18.5. The van der Waals surface area contributed by atoms with Crippen molar-refractivity contribution in [3.8, 4) is 0 Å². The van der Waals surface area contributed by atoms with Crippen molar-refractivity contribution in [2.24, 2.45) is 4.99 Å². The summed E-state index contributed by atoms with van der Waals surface area (Å²) in [7, 11) is 0. The van der Waals surface area contributed by atoms with Crippen molar-refractivity contribution in [1.82, 2.24) is 4.90 Å². The van der Waals surface area contributed by atoms with E-state index in [2.05, 4.69) is 4.99 Å². The molecule has 0 saturated carbocycles. The number of hydrogen-bond acceptors (Lipinski definition) is 2. The lowest BCUT2D eigenvalue weighted by Crippen LogP contribution is -2.35. The smallest absolute Gasteiger partial charge is 0.268 e. The van der Waals surface area contributed by atoms with E-state index in [9.17, 15) is 17.6 Å². The summed E-state index contributed by atoms with van der Waals surface area (Å²) in [5, 5.41) is 0. The molecule has 0 amide bonds. The highest BCUT2D eigenvalue weighted by Gasteiger charge is 2.35. The molecule has 0 atom stereocenters. The second-order valence-corrected chi connectivity index (χ2v) is 1.90. The third-order valence-corrected chi connectivity index (χ3v) is 1.05. The minimum absolute atomic E-state index is 0.137. The quantitative estimate of drug-likeness (QED) is 0.396. The lowest BCUT2D eigenvalue weighted by molar-refractivity contribution is -0.227. The van der Waals surface area contributed by atoms with Crippen LogP contribution in [0.1, 0.15) is 0 Å². The minimum Gasteiger partial charge on any atom is -0.268 e. The van der Waals surface area contributed by atoms with Crippen LogP contribution in [0, 0.1) is 0 Å². The van der Waals surface area contributed by atoms with Crippen molar-refractivity contribution in [3.05, 3.63) is 12.0 Å². The number of rotatable bonds is 0. The Balaban J connectivity index is 2.71.